The first-order valence-corrected chi connectivity index (χ1v) is 14.0. The second-order valence-electron chi connectivity index (χ2n) is 11.4. The standard InChI is InChI=1S/C29H35B4FN4O6/c1-17-6-5-7-24(21(17)14-38(16-40)25(26(41)35-4)28(31,43)27(30,42)15-39)36-29(32,33)22-9-8-20(10-23(22)34)13-37-11-18(2)44-19(3)12-37/h5-10,15-16,18-19,25,36,42-43H,11-14H2,1-4H3,(H,35,41). The molecule has 3 rings (SSSR count). The van der Waals surface area contributed by atoms with Crippen LogP contribution in [0.5, 0.6) is 0 Å². The molecule has 44 heavy (non-hydrogen) atoms. The number of nitrogens with zero attached hydrogens (tertiary/aromatic N) is 2. The molecule has 1 heterocycles. The van der Waals surface area contributed by atoms with Crippen molar-refractivity contribution in [3.63, 3.8) is 0 Å². The average Bonchev–Trinajstić information content (AvgIpc) is 2.92. The molecule has 1 fully saturated rings. The van der Waals surface area contributed by atoms with E-state index < -0.39 is 40.6 Å². The molecule has 1 aliphatic rings. The van der Waals surface area contributed by atoms with Crippen molar-refractivity contribution in [1.82, 2.24) is 15.1 Å². The number of likely N-dealkylation sites (N-methyl/N-ethyl adjacent to an activating group) is 1. The van der Waals surface area contributed by atoms with Gasteiger partial charge < -0.3 is 35.3 Å². The van der Waals surface area contributed by atoms with Crippen LogP contribution in [-0.4, -0.2) is 119 Å². The highest BCUT2D eigenvalue weighted by Gasteiger charge is 2.52. The number of aldehydes is 1. The van der Waals surface area contributed by atoms with E-state index in [1.807, 2.05) is 13.8 Å². The summed E-state index contributed by atoms with van der Waals surface area (Å²) < 4.78 is 21.2. The number of aryl methyl sites for hydroxylation is 1. The van der Waals surface area contributed by atoms with Crippen LogP contribution in [0.3, 0.4) is 0 Å². The van der Waals surface area contributed by atoms with Gasteiger partial charge in [0.1, 0.15) is 33.8 Å². The third kappa shape index (κ3) is 7.74. The summed E-state index contributed by atoms with van der Waals surface area (Å²) in [6, 6.07) is 7.50. The van der Waals surface area contributed by atoms with Crippen molar-refractivity contribution in [2.45, 2.75) is 68.4 Å². The molecule has 5 unspecified atom stereocenters. The summed E-state index contributed by atoms with van der Waals surface area (Å²) in [5.74, 6) is -1.66. The van der Waals surface area contributed by atoms with E-state index in [2.05, 4.69) is 15.5 Å². The molecule has 0 aliphatic carbocycles. The quantitative estimate of drug-likeness (QED) is 0.176. The summed E-state index contributed by atoms with van der Waals surface area (Å²) in [5.41, 5.74) is -4.34. The minimum Gasteiger partial charge on any atom is -0.395 e. The molecule has 15 heteroatoms. The van der Waals surface area contributed by atoms with E-state index in [1.165, 1.54) is 19.2 Å². The molecule has 2 aromatic rings. The van der Waals surface area contributed by atoms with Crippen LogP contribution in [0.25, 0.3) is 0 Å². The van der Waals surface area contributed by atoms with E-state index >= 15 is 4.39 Å². The summed E-state index contributed by atoms with van der Waals surface area (Å²) in [5, 5.41) is 24.3. The number of halogens is 1. The van der Waals surface area contributed by atoms with Crippen molar-refractivity contribution in [3.8, 4) is 0 Å². The van der Waals surface area contributed by atoms with Crippen LogP contribution in [0.2, 0.25) is 0 Å². The third-order valence-corrected chi connectivity index (χ3v) is 7.67. The highest BCUT2D eigenvalue weighted by Crippen LogP contribution is 2.31. The lowest BCUT2D eigenvalue weighted by molar-refractivity contribution is -0.153. The molecule has 0 saturated carbocycles. The lowest BCUT2D eigenvalue weighted by Crippen LogP contribution is -2.70. The van der Waals surface area contributed by atoms with Crippen molar-refractivity contribution in [2.75, 3.05) is 25.5 Å². The highest BCUT2D eigenvalue weighted by atomic mass is 19.1. The predicted octanol–water partition coefficient (Wildman–Crippen LogP) is -0.711. The van der Waals surface area contributed by atoms with E-state index in [0.717, 1.165) is 10.5 Å². The Balaban J connectivity index is 1.91. The molecule has 2 aromatic carbocycles. The van der Waals surface area contributed by atoms with Crippen LogP contribution >= 0.6 is 0 Å². The van der Waals surface area contributed by atoms with Crippen LogP contribution in [0.1, 0.15) is 36.1 Å². The van der Waals surface area contributed by atoms with Gasteiger partial charge in [-0.05, 0) is 60.5 Å². The Labute approximate surface area is 262 Å². The summed E-state index contributed by atoms with van der Waals surface area (Å²) in [6.45, 7) is 7.19. The number of aliphatic hydroxyl groups is 2. The zero-order valence-corrected chi connectivity index (χ0v) is 25.3. The Morgan fingerprint density at radius 1 is 1.16 bits per heavy atom. The lowest BCUT2D eigenvalue weighted by atomic mass is 9.55. The molecule has 1 aliphatic heterocycles. The zero-order valence-electron chi connectivity index (χ0n) is 25.3. The molecule has 10 nitrogen and oxygen atoms in total. The second kappa shape index (κ2) is 13.9. The largest absolute Gasteiger partial charge is 0.395 e. The Morgan fingerprint density at radius 3 is 2.34 bits per heavy atom. The summed E-state index contributed by atoms with van der Waals surface area (Å²) in [7, 11) is 25.3. The Bertz CT molecular complexity index is 1360. The number of benzene rings is 2. The summed E-state index contributed by atoms with van der Waals surface area (Å²) >= 11 is 0. The van der Waals surface area contributed by atoms with Gasteiger partial charge in [-0.3, -0.25) is 14.5 Å². The highest BCUT2D eigenvalue weighted by molar-refractivity contribution is 6.41. The fourth-order valence-electron chi connectivity index (χ4n) is 5.41. The molecular formula is C29H35B4FN4O6. The number of amides is 2. The number of ether oxygens (including phenoxy) is 1. The van der Waals surface area contributed by atoms with E-state index in [1.54, 1.807) is 31.2 Å². The fourth-order valence-corrected chi connectivity index (χ4v) is 5.41. The summed E-state index contributed by atoms with van der Waals surface area (Å²) in [4.78, 5) is 39.4. The second-order valence-corrected chi connectivity index (χ2v) is 11.4. The van der Waals surface area contributed by atoms with Gasteiger partial charge in [-0.15, -0.1) is 0 Å². The molecule has 0 bridgehead atoms. The average molecular weight is 598 g/mol. The molecule has 0 spiro atoms. The van der Waals surface area contributed by atoms with Crippen LogP contribution in [0.15, 0.2) is 36.4 Å². The topological polar surface area (TPSA) is 131 Å². The van der Waals surface area contributed by atoms with Gasteiger partial charge >= 0.3 is 0 Å². The molecule has 4 N–H and O–H groups in total. The number of anilines is 1. The molecule has 5 atom stereocenters. The van der Waals surface area contributed by atoms with Crippen LogP contribution in [-0.2, 0) is 37.5 Å². The molecular weight excluding hydrogens is 563 g/mol. The number of rotatable bonds is 13. The molecule has 2 amide bonds. The Hall–Kier alpha value is -3.12. The monoisotopic (exact) mass is 598 g/mol. The first-order chi connectivity index (χ1) is 20.5. The van der Waals surface area contributed by atoms with Gasteiger partial charge in [-0.2, -0.15) is 0 Å². The fraction of sp³-hybridized carbons (Fsp3) is 0.483. The van der Waals surface area contributed by atoms with Crippen LogP contribution in [0, 0.1) is 12.7 Å². The van der Waals surface area contributed by atoms with E-state index in [9.17, 15) is 24.6 Å². The minimum atomic E-state index is -3.11. The van der Waals surface area contributed by atoms with Gasteiger partial charge in [-0.1, -0.05) is 24.3 Å². The van der Waals surface area contributed by atoms with Gasteiger partial charge in [0.2, 0.25) is 12.3 Å². The van der Waals surface area contributed by atoms with Crippen molar-refractivity contribution >= 4 is 55.7 Å². The maximum Gasteiger partial charge on any atom is 0.244 e. The molecule has 226 valence electrons. The van der Waals surface area contributed by atoms with Crippen molar-refractivity contribution < 1.29 is 33.7 Å². The Morgan fingerprint density at radius 2 is 1.80 bits per heavy atom. The van der Waals surface area contributed by atoms with E-state index in [-0.39, 0.29) is 36.2 Å². The van der Waals surface area contributed by atoms with Gasteiger partial charge in [-0.25, -0.2) is 4.39 Å². The maximum absolute atomic E-state index is 15.5. The molecule has 0 aromatic heterocycles. The molecule has 1 saturated heterocycles. The normalized spacial score (nSPS) is 20.9. The van der Waals surface area contributed by atoms with Crippen molar-refractivity contribution in [2.24, 2.45) is 0 Å². The molecule has 8 radical (unpaired) electrons. The SMILES string of the molecule is [B]C([B])(Nc1cccc(C)c1CN(C=O)C(C(=O)NC)C([B])(O)C([B])(O)C=O)c1ccc(CN2CC(C)OC(C)C2)cc1F. The van der Waals surface area contributed by atoms with Crippen molar-refractivity contribution in [1.29, 1.82) is 0 Å². The first-order valence-electron chi connectivity index (χ1n) is 14.0. The smallest absolute Gasteiger partial charge is 0.244 e. The lowest BCUT2D eigenvalue weighted by Gasteiger charge is -2.45. The number of hydrogen-bond acceptors (Lipinski definition) is 8. The zero-order chi connectivity index (χ0) is 33.0. The predicted molar refractivity (Wildman–Crippen MR) is 167 cm³/mol. The van der Waals surface area contributed by atoms with E-state index in [4.69, 9.17) is 36.1 Å². The van der Waals surface area contributed by atoms with Gasteiger partial charge in [0.05, 0.1) is 38.9 Å². The minimum absolute atomic E-state index is 0.0385. The third-order valence-electron chi connectivity index (χ3n) is 7.67. The van der Waals surface area contributed by atoms with Crippen molar-refractivity contribution in [3.05, 3.63) is 64.5 Å². The number of carbonyl (C=O) groups excluding carboxylic acids is 3. The number of nitrogens with one attached hydrogen (secondary N) is 2. The number of carbonyl (C=O) groups is 3. The van der Waals surface area contributed by atoms with Crippen LogP contribution in [0.4, 0.5) is 10.1 Å². The van der Waals surface area contributed by atoms with E-state index in [0.29, 0.717) is 30.8 Å². The number of morpholine rings is 1. The van der Waals surface area contributed by atoms with Gasteiger partial charge in [0, 0.05) is 38.9 Å². The first kappa shape index (κ1) is 35.4. The van der Waals surface area contributed by atoms with Crippen LogP contribution < -0.4 is 10.6 Å². The maximum atomic E-state index is 15.5. The summed E-state index contributed by atoms with van der Waals surface area (Å²) in [6.07, 6.45) is 0.0686. The Kier molecular flexibility index (Phi) is 11.2. The van der Waals surface area contributed by atoms with Gasteiger partial charge in [0.15, 0.2) is 0 Å². The van der Waals surface area contributed by atoms with Gasteiger partial charge in [0.25, 0.3) is 0 Å². The number of hydrogen-bond donors (Lipinski definition) is 4.